The smallest absolute Gasteiger partial charge is 0.252 e. The molecule has 1 amide bonds. The van der Waals surface area contributed by atoms with Crippen molar-refractivity contribution in [2.75, 3.05) is 13.2 Å². The lowest BCUT2D eigenvalue weighted by Crippen LogP contribution is -2.49. The van der Waals surface area contributed by atoms with Crippen LogP contribution in [0.15, 0.2) is 112 Å². The van der Waals surface area contributed by atoms with Crippen LogP contribution in [0.4, 0.5) is 4.39 Å². The maximum absolute atomic E-state index is 14.5. The number of hydrogen-bond acceptors (Lipinski definition) is 6. The van der Waals surface area contributed by atoms with Gasteiger partial charge in [-0.15, -0.1) is 0 Å². The molecule has 1 aliphatic rings. The molecule has 0 aliphatic carbocycles. The summed E-state index contributed by atoms with van der Waals surface area (Å²) in [5.41, 5.74) is 11.2. The standard InChI is InChI=1S/C34H31BrFN5O4/c35-28-12-8-24(9-13-28)31-34(20-26-4-1-2-5-27(26)22-39-41-37,33(43)38-21-23-6-14-29(36)15-7-23)40-32(45-31)25-10-16-30(17-11-25)44-19-3-18-42/h1-2,4-17,31,42H,3,18-22H2,(H,38,43)/t31-,34-/m1/s1. The minimum atomic E-state index is -1.47. The van der Waals surface area contributed by atoms with Gasteiger partial charge in [-0.1, -0.05) is 69.6 Å². The van der Waals surface area contributed by atoms with Gasteiger partial charge in [-0.3, -0.25) is 4.79 Å². The number of amides is 1. The van der Waals surface area contributed by atoms with Gasteiger partial charge in [0, 0.05) is 40.9 Å². The van der Waals surface area contributed by atoms with Gasteiger partial charge < -0.3 is 19.9 Å². The summed E-state index contributed by atoms with van der Waals surface area (Å²) in [6.45, 7) is 0.681. The number of aliphatic imine (C=N–C) groups is 1. The Bertz CT molecular complexity index is 1690. The second-order valence-electron chi connectivity index (χ2n) is 10.5. The molecule has 2 atom stereocenters. The minimum Gasteiger partial charge on any atom is -0.494 e. The van der Waals surface area contributed by atoms with E-state index in [9.17, 15) is 9.18 Å². The quantitative estimate of drug-likeness (QED) is 0.0688. The van der Waals surface area contributed by atoms with Crippen molar-refractivity contribution < 1.29 is 23.8 Å². The number of nitrogens with zero attached hydrogens (tertiary/aromatic N) is 4. The number of carbonyl (C=O) groups excluding carboxylic acids is 1. The van der Waals surface area contributed by atoms with Crippen molar-refractivity contribution in [2.45, 2.75) is 37.6 Å². The van der Waals surface area contributed by atoms with E-state index in [1.165, 1.54) is 12.1 Å². The van der Waals surface area contributed by atoms with Crippen LogP contribution in [-0.2, 0) is 29.0 Å². The van der Waals surface area contributed by atoms with Gasteiger partial charge in [-0.25, -0.2) is 9.38 Å². The second kappa shape index (κ2) is 14.9. The molecular weight excluding hydrogens is 641 g/mol. The van der Waals surface area contributed by atoms with E-state index in [0.29, 0.717) is 24.3 Å². The molecule has 9 nitrogen and oxygen atoms in total. The van der Waals surface area contributed by atoms with Gasteiger partial charge in [0.05, 0.1) is 13.2 Å². The van der Waals surface area contributed by atoms with Gasteiger partial charge in [0.25, 0.3) is 5.91 Å². The average Bonchev–Trinajstić information content (AvgIpc) is 3.45. The molecule has 4 aromatic rings. The second-order valence-corrected chi connectivity index (χ2v) is 11.4. The van der Waals surface area contributed by atoms with Gasteiger partial charge in [-0.2, -0.15) is 0 Å². The van der Waals surface area contributed by atoms with Crippen LogP contribution in [0, 0.1) is 5.82 Å². The van der Waals surface area contributed by atoms with Gasteiger partial charge in [0.1, 0.15) is 11.6 Å². The lowest BCUT2D eigenvalue weighted by Gasteiger charge is -2.31. The SMILES string of the molecule is [N-]=[N+]=NCc1ccccc1C[C@@]1(C(=O)NCc2ccc(F)cc2)N=C(c2ccc(OCCCO)cc2)O[C@@H]1c1ccc(Br)cc1. The molecular formula is C34H31BrFN5O4. The minimum absolute atomic E-state index is 0.0392. The fourth-order valence-corrected chi connectivity index (χ4v) is 5.40. The lowest BCUT2D eigenvalue weighted by atomic mass is 9.81. The van der Waals surface area contributed by atoms with Crippen LogP contribution in [0.25, 0.3) is 10.4 Å². The highest BCUT2D eigenvalue weighted by molar-refractivity contribution is 9.10. The number of benzene rings is 4. The highest BCUT2D eigenvalue weighted by atomic mass is 79.9. The van der Waals surface area contributed by atoms with Crippen molar-refractivity contribution in [1.29, 1.82) is 0 Å². The predicted octanol–water partition coefficient (Wildman–Crippen LogP) is 6.98. The lowest BCUT2D eigenvalue weighted by molar-refractivity contribution is -0.129. The molecule has 2 N–H and O–H groups in total. The first-order chi connectivity index (χ1) is 21.9. The summed E-state index contributed by atoms with van der Waals surface area (Å²) >= 11 is 3.49. The van der Waals surface area contributed by atoms with Crippen molar-refractivity contribution in [3.63, 3.8) is 0 Å². The molecule has 11 heteroatoms. The Morgan fingerprint density at radius 2 is 1.76 bits per heavy atom. The molecule has 0 bridgehead atoms. The van der Waals surface area contributed by atoms with E-state index in [2.05, 4.69) is 31.3 Å². The Balaban J connectivity index is 1.58. The van der Waals surface area contributed by atoms with Crippen molar-refractivity contribution in [3.05, 3.63) is 146 Å². The summed E-state index contributed by atoms with van der Waals surface area (Å²) in [4.78, 5) is 22.4. The molecule has 0 fully saturated rings. The van der Waals surface area contributed by atoms with Crippen LogP contribution >= 0.6 is 15.9 Å². The maximum atomic E-state index is 14.5. The molecule has 0 radical (unpaired) electrons. The number of nitrogens with one attached hydrogen (secondary N) is 1. The van der Waals surface area contributed by atoms with E-state index in [0.717, 1.165) is 26.7 Å². The third kappa shape index (κ3) is 7.69. The third-order valence-electron chi connectivity index (χ3n) is 7.45. The molecule has 45 heavy (non-hydrogen) atoms. The first kappa shape index (κ1) is 31.7. The number of ether oxygens (including phenoxy) is 2. The van der Waals surface area contributed by atoms with Crippen molar-refractivity contribution in [3.8, 4) is 5.75 Å². The van der Waals surface area contributed by atoms with Gasteiger partial charge in [0.2, 0.25) is 5.90 Å². The normalized spacial score (nSPS) is 17.1. The highest BCUT2D eigenvalue weighted by Crippen LogP contribution is 2.43. The van der Waals surface area contributed by atoms with Crippen LogP contribution in [-0.4, -0.2) is 35.7 Å². The van der Waals surface area contributed by atoms with Crippen molar-refractivity contribution in [2.24, 2.45) is 10.1 Å². The number of aliphatic hydroxyl groups excluding tert-OH is 1. The molecule has 0 spiro atoms. The van der Waals surface area contributed by atoms with Gasteiger partial charge >= 0.3 is 0 Å². The zero-order chi connectivity index (χ0) is 31.6. The van der Waals surface area contributed by atoms with E-state index in [1.54, 1.807) is 24.3 Å². The molecule has 1 heterocycles. The van der Waals surface area contributed by atoms with Gasteiger partial charge in [0.15, 0.2) is 11.6 Å². The molecule has 0 saturated heterocycles. The Labute approximate surface area is 268 Å². The number of azide groups is 1. The largest absolute Gasteiger partial charge is 0.494 e. The maximum Gasteiger partial charge on any atom is 0.252 e. The fourth-order valence-electron chi connectivity index (χ4n) is 5.14. The first-order valence-corrected chi connectivity index (χ1v) is 15.2. The van der Waals surface area contributed by atoms with Crippen LogP contribution in [0.2, 0.25) is 0 Å². The van der Waals surface area contributed by atoms with E-state index in [1.807, 2.05) is 60.7 Å². The predicted molar refractivity (Wildman–Crippen MR) is 172 cm³/mol. The van der Waals surface area contributed by atoms with E-state index in [4.69, 9.17) is 25.1 Å². The molecule has 0 saturated carbocycles. The summed E-state index contributed by atoms with van der Waals surface area (Å²) in [5, 5.41) is 15.8. The third-order valence-corrected chi connectivity index (χ3v) is 7.98. The Kier molecular flexibility index (Phi) is 10.5. The molecule has 1 aliphatic heterocycles. The molecule has 0 unspecified atom stereocenters. The van der Waals surface area contributed by atoms with Crippen LogP contribution in [0.1, 0.15) is 40.3 Å². The highest BCUT2D eigenvalue weighted by Gasteiger charge is 2.53. The summed E-state index contributed by atoms with van der Waals surface area (Å²) in [7, 11) is 0. The van der Waals surface area contributed by atoms with E-state index < -0.39 is 11.6 Å². The van der Waals surface area contributed by atoms with Crippen molar-refractivity contribution >= 4 is 27.7 Å². The zero-order valence-electron chi connectivity index (χ0n) is 24.3. The number of halogens is 2. The molecule has 5 rings (SSSR count). The zero-order valence-corrected chi connectivity index (χ0v) is 25.9. The summed E-state index contributed by atoms with van der Waals surface area (Å²) in [6.07, 6.45) is -0.156. The molecule has 230 valence electrons. The number of aliphatic hydroxyl groups is 1. The first-order valence-electron chi connectivity index (χ1n) is 14.4. The number of carbonyl (C=O) groups is 1. The number of hydrogen-bond donors (Lipinski definition) is 2. The Morgan fingerprint density at radius 3 is 2.44 bits per heavy atom. The molecule has 4 aromatic carbocycles. The van der Waals surface area contributed by atoms with E-state index >= 15 is 0 Å². The fraction of sp³-hybridized carbons (Fsp3) is 0.235. The Hall–Kier alpha value is -4.70. The summed E-state index contributed by atoms with van der Waals surface area (Å²) in [5.74, 6) is 0.175. The molecule has 0 aromatic heterocycles. The monoisotopic (exact) mass is 671 g/mol. The van der Waals surface area contributed by atoms with Crippen LogP contribution in [0.5, 0.6) is 5.75 Å². The van der Waals surface area contributed by atoms with E-state index in [-0.39, 0.29) is 43.7 Å². The summed E-state index contributed by atoms with van der Waals surface area (Å²) in [6, 6.07) is 28.1. The summed E-state index contributed by atoms with van der Waals surface area (Å²) < 4.78 is 26.7. The van der Waals surface area contributed by atoms with Crippen LogP contribution in [0.3, 0.4) is 0 Å². The average molecular weight is 673 g/mol. The Morgan fingerprint density at radius 1 is 1.04 bits per heavy atom. The van der Waals surface area contributed by atoms with Crippen LogP contribution < -0.4 is 10.1 Å². The van der Waals surface area contributed by atoms with Crippen molar-refractivity contribution in [1.82, 2.24) is 5.32 Å². The topological polar surface area (TPSA) is 129 Å². The van der Waals surface area contributed by atoms with Gasteiger partial charge in [-0.05, 0) is 76.3 Å². The number of rotatable bonds is 13.